The highest BCUT2D eigenvalue weighted by Crippen LogP contribution is 2.18. The summed E-state index contributed by atoms with van der Waals surface area (Å²) < 4.78 is 6.53. The van der Waals surface area contributed by atoms with Crippen LogP contribution in [0.3, 0.4) is 0 Å². The van der Waals surface area contributed by atoms with Crippen LogP contribution in [0, 0.1) is 3.57 Å². The van der Waals surface area contributed by atoms with Gasteiger partial charge in [-0.1, -0.05) is 30.4 Å². The SMILES string of the molecule is NC(=S)c1ccccc1OCC(=O)Nc1cccc(I)c1. The van der Waals surface area contributed by atoms with Gasteiger partial charge in [0.15, 0.2) is 6.61 Å². The van der Waals surface area contributed by atoms with Gasteiger partial charge < -0.3 is 15.8 Å². The third-order valence-electron chi connectivity index (χ3n) is 2.62. The molecule has 0 unspecified atom stereocenters. The lowest BCUT2D eigenvalue weighted by Crippen LogP contribution is -2.21. The summed E-state index contributed by atoms with van der Waals surface area (Å²) in [5.74, 6) is 0.262. The Morgan fingerprint density at radius 3 is 2.71 bits per heavy atom. The van der Waals surface area contributed by atoms with Crippen LogP contribution in [0.1, 0.15) is 5.56 Å². The quantitative estimate of drug-likeness (QED) is 0.586. The van der Waals surface area contributed by atoms with Gasteiger partial charge >= 0.3 is 0 Å². The molecule has 0 saturated carbocycles. The molecule has 0 atom stereocenters. The fourth-order valence-corrected chi connectivity index (χ4v) is 2.41. The molecule has 108 valence electrons. The molecule has 0 saturated heterocycles. The molecule has 2 rings (SSSR count). The summed E-state index contributed by atoms with van der Waals surface area (Å²) in [6, 6.07) is 14.6. The summed E-state index contributed by atoms with van der Waals surface area (Å²) >= 11 is 7.13. The Bertz CT molecular complexity index is 676. The van der Waals surface area contributed by atoms with E-state index >= 15 is 0 Å². The standard InChI is InChI=1S/C15H13IN2O2S/c16-10-4-3-5-11(8-10)18-14(19)9-20-13-7-2-1-6-12(13)15(17)21/h1-8H,9H2,(H2,17,21)(H,18,19). The van der Waals surface area contributed by atoms with Crippen molar-refractivity contribution in [2.24, 2.45) is 5.73 Å². The average molecular weight is 412 g/mol. The van der Waals surface area contributed by atoms with Crippen molar-refractivity contribution >= 4 is 51.4 Å². The van der Waals surface area contributed by atoms with Gasteiger partial charge in [0, 0.05) is 9.26 Å². The second-order valence-electron chi connectivity index (χ2n) is 4.21. The van der Waals surface area contributed by atoms with Gasteiger partial charge in [0.1, 0.15) is 10.7 Å². The molecular weight excluding hydrogens is 399 g/mol. The minimum Gasteiger partial charge on any atom is -0.483 e. The Labute approximate surface area is 141 Å². The molecule has 4 nitrogen and oxygen atoms in total. The third-order valence-corrected chi connectivity index (χ3v) is 3.51. The number of anilines is 1. The lowest BCUT2D eigenvalue weighted by Gasteiger charge is -2.10. The fraction of sp³-hybridized carbons (Fsp3) is 0.0667. The van der Waals surface area contributed by atoms with E-state index in [1.54, 1.807) is 18.2 Å². The first-order valence-corrected chi connectivity index (χ1v) is 7.62. The van der Waals surface area contributed by atoms with E-state index in [4.69, 9.17) is 22.7 Å². The van der Waals surface area contributed by atoms with E-state index in [1.807, 2.05) is 30.3 Å². The Hall–Kier alpha value is -1.67. The van der Waals surface area contributed by atoms with E-state index in [0.29, 0.717) is 11.3 Å². The average Bonchev–Trinajstić information content (AvgIpc) is 2.45. The van der Waals surface area contributed by atoms with Crippen LogP contribution in [-0.2, 0) is 4.79 Å². The second-order valence-corrected chi connectivity index (χ2v) is 5.89. The Kier molecular flexibility index (Phi) is 5.51. The van der Waals surface area contributed by atoms with Crippen molar-refractivity contribution in [1.82, 2.24) is 0 Å². The van der Waals surface area contributed by atoms with Gasteiger partial charge in [-0.05, 0) is 52.9 Å². The minimum absolute atomic E-state index is 0.106. The zero-order valence-corrected chi connectivity index (χ0v) is 14.0. The third kappa shape index (κ3) is 4.68. The van der Waals surface area contributed by atoms with Crippen LogP contribution >= 0.6 is 34.8 Å². The zero-order chi connectivity index (χ0) is 15.2. The largest absolute Gasteiger partial charge is 0.483 e. The van der Waals surface area contributed by atoms with Gasteiger partial charge in [0.25, 0.3) is 5.91 Å². The number of rotatable bonds is 5. The molecule has 0 bridgehead atoms. The number of nitrogens with one attached hydrogen (secondary N) is 1. The number of thiocarbonyl (C=S) groups is 1. The Morgan fingerprint density at radius 1 is 1.24 bits per heavy atom. The number of ether oxygens (including phenoxy) is 1. The van der Waals surface area contributed by atoms with Gasteiger partial charge in [0.2, 0.25) is 0 Å². The maximum Gasteiger partial charge on any atom is 0.262 e. The molecule has 0 spiro atoms. The molecule has 0 aliphatic rings. The van der Waals surface area contributed by atoms with Crippen LogP contribution in [0.25, 0.3) is 0 Å². The van der Waals surface area contributed by atoms with E-state index in [0.717, 1.165) is 9.26 Å². The smallest absolute Gasteiger partial charge is 0.262 e. The van der Waals surface area contributed by atoms with Gasteiger partial charge in [0.05, 0.1) is 5.56 Å². The predicted octanol–water partition coefficient (Wildman–Crippen LogP) is 2.94. The lowest BCUT2D eigenvalue weighted by atomic mass is 10.2. The van der Waals surface area contributed by atoms with Crippen LogP contribution in [0.2, 0.25) is 0 Å². The van der Waals surface area contributed by atoms with Crippen LogP contribution in [-0.4, -0.2) is 17.5 Å². The molecule has 2 aromatic rings. The highest BCUT2D eigenvalue weighted by molar-refractivity contribution is 14.1. The first kappa shape index (κ1) is 15.7. The van der Waals surface area contributed by atoms with Crippen LogP contribution in [0.5, 0.6) is 5.75 Å². The number of carbonyl (C=O) groups excluding carboxylic acids is 1. The fourth-order valence-electron chi connectivity index (χ4n) is 1.70. The normalized spacial score (nSPS) is 9.95. The molecule has 21 heavy (non-hydrogen) atoms. The number of hydrogen-bond acceptors (Lipinski definition) is 3. The van der Waals surface area contributed by atoms with Gasteiger partial charge in [-0.15, -0.1) is 0 Å². The van der Waals surface area contributed by atoms with Crippen molar-refractivity contribution in [3.8, 4) is 5.75 Å². The van der Waals surface area contributed by atoms with E-state index in [1.165, 1.54) is 0 Å². The first-order valence-electron chi connectivity index (χ1n) is 6.13. The van der Waals surface area contributed by atoms with Crippen molar-refractivity contribution in [3.05, 3.63) is 57.7 Å². The maximum absolute atomic E-state index is 11.9. The van der Waals surface area contributed by atoms with E-state index < -0.39 is 0 Å². The monoisotopic (exact) mass is 412 g/mol. The minimum atomic E-state index is -0.241. The van der Waals surface area contributed by atoms with Crippen LogP contribution < -0.4 is 15.8 Å². The Balaban J connectivity index is 1.97. The van der Waals surface area contributed by atoms with Gasteiger partial charge in [-0.25, -0.2) is 0 Å². The summed E-state index contributed by atoms with van der Waals surface area (Å²) in [4.78, 5) is 12.1. The number of amides is 1. The molecule has 2 aromatic carbocycles. The van der Waals surface area contributed by atoms with Crippen molar-refractivity contribution in [1.29, 1.82) is 0 Å². The van der Waals surface area contributed by atoms with E-state index in [2.05, 4.69) is 27.9 Å². The molecule has 0 heterocycles. The molecule has 6 heteroatoms. The molecule has 0 aromatic heterocycles. The summed E-state index contributed by atoms with van der Waals surface area (Å²) in [5, 5.41) is 2.77. The maximum atomic E-state index is 11.9. The molecule has 3 N–H and O–H groups in total. The van der Waals surface area contributed by atoms with Crippen LogP contribution in [0.4, 0.5) is 5.69 Å². The molecule has 0 aliphatic carbocycles. The predicted molar refractivity (Wildman–Crippen MR) is 95.6 cm³/mol. The summed E-state index contributed by atoms with van der Waals surface area (Å²) in [7, 11) is 0. The Morgan fingerprint density at radius 2 is 2.00 bits per heavy atom. The molecule has 0 fully saturated rings. The van der Waals surface area contributed by atoms with Crippen molar-refractivity contribution < 1.29 is 9.53 Å². The zero-order valence-electron chi connectivity index (χ0n) is 11.0. The van der Waals surface area contributed by atoms with E-state index in [-0.39, 0.29) is 17.5 Å². The molecule has 0 radical (unpaired) electrons. The highest BCUT2D eigenvalue weighted by Gasteiger charge is 2.08. The lowest BCUT2D eigenvalue weighted by molar-refractivity contribution is -0.118. The number of para-hydroxylation sites is 1. The summed E-state index contributed by atoms with van der Waals surface area (Å²) in [6.45, 7) is -0.106. The number of halogens is 1. The molecular formula is C15H13IN2O2S. The first-order chi connectivity index (χ1) is 10.1. The number of nitrogens with two attached hydrogens (primary N) is 1. The van der Waals surface area contributed by atoms with Crippen molar-refractivity contribution in [3.63, 3.8) is 0 Å². The highest BCUT2D eigenvalue weighted by atomic mass is 127. The molecule has 0 aliphatic heterocycles. The van der Waals surface area contributed by atoms with Gasteiger partial charge in [-0.3, -0.25) is 4.79 Å². The second kappa shape index (κ2) is 7.37. The van der Waals surface area contributed by atoms with E-state index in [9.17, 15) is 4.79 Å². The van der Waals surface area contributed by atoms with Gasteiger partial charge in [-0.2, -0.15) is 0 Å². The number of carbonyl (C=O) groups is 1. The van der Waals surface area contributed by atoms with Crippen LogP contribution in [0.15, 0.2) is 48.5 Å². The summed E-state index contributed by atoms with van der Waals surface area (Å²) in [5.41, 5.74) is 6.97. The summed E-state index contributed by atoms with van der Waals surface area (Å²) in [6.07, 6.45) is 0. The number of benzene rings is 2. The molecule has 1 amide bonds. The van der Waals surface area contributed by atoms with Crippen molar-refractivity contribution in [2.75, 3.05) is 11.9 Å². The number of hydrogen-bond donors (Lipinski definition) is 2. The van der Waals surface area contributed by atoms with Crippen molar-refractivity contribution in [2.45, 2.75) is 0 Å². The topological polar surface area (TPSA) is 64.3 Å².